The number of nitrogens with zero attached hydrogens (tertiary/aromatic N) is 4. The first kappa shape index (κ1) is 19.6. The summed E-state index contributed by atoms with van der Waals surface area (Å²) in [6, 6.07) is 6.34. The minimum atomic E-state index is -3.47. The Bertz CT molecular complexity index is 861. The molecule has 0 saturated carbocycles. The number of nitrogens with one attached hydrogen (secondary N) is 1. The van der Waals surface area contributed by atoms with Gasteiger partial charge in [0, 0.05) is 37.1 Å². The van der Waals surface area contributed by atoms with Crippen molar-refractivity contribution in [3.8, 4) is 0 Å². The maximum atomic E-state index is 12.8. The largest absolute Gasteiger partial charge is 0.312 e. The van der Waals surface area contributed by atoms with E-state index in [1.54, 1.807) is 28.6 Å². The maximum absolute atomic E-state index is 12.8. The zero-order valence-electron chi connectivity index (χ0n) is 14.1. The van der Waals surface area contributed by atoms with Crippen LogP contribution >= 0.6 is 24.0 Å². The van der Waals surface area contributed by atoms with Crippen molar-refractivity contribution in [2.24, 2.45) is 0 Å². The average Bonchev–Trinajstić information content (AvgIpc) is 3.06. The van der Waals surface area contributed by atoms with Gasteiger partial charge in [-0.1, -0.05) is 11.6 Å². The van der Waals surface area contributed by atoms with Gasteiger partial charge in [-0.25, -0.2) is 8.42 Å². The Morgan fingerprint density at radius 2 is 1.77 bits per heavy atom. The Hall–Kier alpha value is -1.19. The fourth-order valence-corrected chi connectivity index (χ4v) is 5.12. The molecule has 0 atom stereocenters. The lowest BCUT2D eigenvalue weighted by molar-refractivity contribution is 0.307. The summed E-state index contributed by atoms with van der Waals surface area (Å²) in [6.45, 7) is 3.53. The number of halogens is 2. The Labute approximate surface area is 164 Å². The zero-order chi connectivity index (χ0) is 17.4. The van der Waals surface area contributed by atoms with Gasteiger partial charge >= 0.3 is 0 Å². The van der Waals surface area contributed by atoms with Crippen LogP contribution in [-0.4, -0.2) is 47.1 Å². The molecule has 2 aliphatic heterocycles. The van der Waals surface area contributed by atoms with Crippen LogP contribution in [0.15, 0.2) is 29.2 Å². The van der Waals surface area contributed by atoms with E-state index in [4.69, 9.17) is 11.6 Å². The van der Waals surface area contributed by atoms with E-state index in [1.165, 1.54) is 0 Å². The van der Waals surface area contributed by atoms with E-state index >= 15 is 0 Å². The van der Waals surface area contributed by atoms with Crippen molar-refractivity contribution < 1.29 is 8.42 Å². The predicted molar refractivity (Wildman–Crippen MR) is 101 cm³/mol. The number of fused-ring (bicyclic) bond motifs is 1. The van der Waals surface area contributed by atoms with Gasteiger partial charge in [0.2, 0.25) is 10.0 Å². The third kappa shape index (κ3) is 3.61. The summed E-state index contributed by atoms with van der Waals surface area (Å²) in [7, 11) is -3.47. The number of hydrogen-bond acceptors (Lipinski definition) is 5. The molecule has 1 aromatic carbocycles. The number of sulfonamides is 1. The van der Waals surface area contributed by atoms with Gasteiger partial charge in [0.15, 0.2) is 0 Å². The molecule has 0 bridgehead atoms. The molecule has 1 saturated heterocycles. The SMILES string of the molecule is Cl.O=S(=O)(c1ccc(Cl)cc1)N1CCC(c2nnc3n2CCNC3)CC1. The summed E-state index contributed by atoms with van der Waals surface area (Å²) in [4.78, 5) is 0.293. The van der Waals surface area contributed by atoms with Crippen molar-refractivity contribution in [2.75, 3.05) is 19.6 Å². The number of aromatic nitrogens is 3. The van der Waals surface area contributed by atoms with Gasteiger partial charge in [0.05, 0.1) is 11.4 Å². The van der Waals surface area contributed by atoms with Crippen LogP contribution in [-0.2, 0) is 23.1 Å². The molecule has 0 unspecified atom stereocenters. The third-order valence-electron chi connectivity index (χ3n) is 4.92. The molecule has 2 aliphatic rings. The highest BCUT2D eigenvalue weighted by Crippen LogP contribution is 2.30. The van der Waals surface area contributed by atoms with Crippen molar-refractivity contribution >= 4 is 34.0 Å². The topological polar surface area (TPSA) is 80.1 Å². The molecule has 10 heteroatoms. The summed E-state index contributed by atoms with van der Waals surface area (Å²) in [5.74, 6) is 2.23. The van der Waals surface area contributed by atoms with Gasteiger partial charge in [-0.05, 0) is 37.1 Å². The van der Waals surface area contributed by atoms with Crippen molar-refractivity contribution in [1.29, 1.82) is 0 Å². The molecule has 0 radical (unpaired) electrons. The van der Waals surface area contributed by atoms with Crippen molar-refractivity contribution in [2.45, 2.75) is 36.7 Å². The van der Waals surface area contributed by atoms with Gasteiger partial charge in [0.25, 0.3) is 0 Å². The van der Waals surface area contributed by atoms with Crippen molar-refractivity contribution in [3.05, 3.63) is 40.9 Å². The molecule has 142 valence electrons. The van der Waals surface area contributed by atoms with Crippen LogP contribution in [0.1, 0.15) is 30.4 Å². The van der Waals surface area contributed by atoms with Gasteiger partial charge in [-0.3, -0.25) is 0 Å². The summed E-state index contributed by atoms with van der Waals surface area (Å²) >= 11 is 5.85. The molecule has 2 aromatic rings. The summed E-state index contributed by atoms with van der Waals surface area (Å²) in [5, 5.41) is 12.4. The molecule has 1 aromatic heterocycles. The quantitative estimate of drug-likeness (QED) is 0.825. The van der Waals surface area contributed by atoms with Crippen LogP contribution < -0.4 is 5.32 Å². The fraction of sp³-hybridized carbons (Fsp3) is 0.500. The second kappa shape index (κ2) is 7.82. The number of piperidine rings is 1. The molecule has 7 nitrogen and oxygen atoms in total. The highest BCUT2D eigenvalue weighted by atomic mass is 35.5. The smallest absolute Gasteiger partial charge is 0.243 e. The van der Waals surface area contributed by atoms with Gasteiger partial charge in [0.1, 0.15) is 11.6 Å². The van der Waals surface area contributed by atoms with E-state index in [-0.39, 0.29) is 18.3 Å². The van der Waals surface area contributed by atoms with E-state index in [0.29, 0.717) is 23.0 Å². The monoisotopic (exact) mass is 417 g/mol. The summed E-state index contributed by atoms with van der Waals surface area (Å²) in [6.07, 6.45) is 1.52. The third-order valence-corrected chi connectivity index (χ3v) is 7.09. The number of rotatable bonds is 3. The van der Waals surface area contributed by atoms with Crippen molar-refractivity contribution in [3.63, 3.8) is 0 Å². The molecule has 3 heterocycles. The average molecular weight is 418 g/mol. The first-order valence-corrected chi connectivity index (χ1v) is 10.3. The predicted octanol–water partition coefficient (Wildman–Crippen LogP) is 2.02. The zero-order valence-corrected chi connectivity index (χ0v) is 16.5. The number of hydrogen-bond donors (Lipinski definition) is 1. The fourth-order valence-electron chi connectivity index (χ4n) is 3.53. The molecule has 26 heavy (non-hydrogen) atoms. The first-order chi connectivity index (χ1) is 12.1. The number of benzene rings is 1. The lowest BCUT2D eigenvalue weighted by Gasteiger charge is -2.31. The van der Waals surface area contributed by atoms with Crippen LogP contribution in [0.3, 0.4) is 0 Å². The second-order valence-corrected chi connectivity index (χ2v) is 8.81. The molecule has 1 N–H and O–H groups in total. The van der Waals surface area contributed by atoms with Crippen molar-refractivity contribution in [1.82, 2.24) is 24.4 Å². The van der Waals surface area contributed by atoms with E-state index in [9.17, 15) is 8.42 Å². The standard InChI is InChI=1S/C16H20ClN5O2S.ClH/c17-13-1-3-14(4-2-13)25(23,24)21-8-5-12(6-9-21)16-20-19-15-11-18-7-10-22(15)16;/h1-4,12,18H,5-11H2;1H. The van der Waals surface area contributed by atoms with Gasteiger partial charge < -0.3 is 9.88 Å². The minimum absolute atomic E-state index is 0. The van der Waals surface area contributed by atoms with E-state index in [0.717, 1.165) is 44.1 Å². The minimum Gasteiger partial charge on any atom is -0.312 e. The van der Waals surface area contributed by atoms with Crippen LogP contribution in [0.5, 0.6) is 0 Å². The van der Waals surface area contributed by atoms with E-state index in [1.807, 2.05) is 0 Å². The van der Waals surface area contributed by atoms with Crippen LogP contribution in [0, 0.1) is 0 Å². The Morgan fingerprint density at radius 1 is 1.08 bits per heavy atom. The molecule has 1 fully saturated rings. The highest BCUT2D eigenvalue weighted by Gasteiger charge is 2.32. The molecule has 0 spiro atoms. The van der Waals surface area contributed by atoms with Gasteiger partial charge in [-0.15, -0.1) is 22.6 Å². The summed E-state index contributed by atoms with van der Waals surface area (Å²) in [5.41, 5.74) is 0. The Balaban J connectivity index is 0.00000196. The molecule has 0 amide bonds. The lowest BCUT2D eigenvalue weighted by Crippen LogP contribution is -2.38. The molecule has 0 aliphatic carbocycles. The normalized spacial score (nSPS) is 19.0. The summed E-state index contributed by atoms with van der Waals surface area (Å²) < 4.78 is 29.3. The molecular formula is C16H21Cl2N5O2S. The Kier molecular flexibility index (Phi) is 5.88. The molecular weight excluding hydrogens is 397 g/mol. The molecule has 4 rings (SSSR count). The second-order valence-electron chi connectivity index (χ2n) is 6.44. The Morgan fingerprint density at radius 3 is 2.46 bits per heavy atom. The van der Waals surface area contributed by atoms with E-state index < -0.39 is 10.0 Å². The maximum Gasteiger partial charge on any atom is 0.243 e. The van der Waals surface area contributed by atoms with E-state index in [2.05, 4.69) is 20.1 Å². The van der Waals surface area contributed by atoms with Gasteiger partial charge in [-0.2, -0.15) is 4.31 Å². The van der Waals surface area contributed by atoms with Crippen LogP contribution in [0.4, 0.5) is 0 Å². The van der Waals surface area contributed by atoms with Crippen LogP contribution in [0.25, 0.3) is 0 Å². The lowest BCUT2D eigenvalue weighted by atomic mass is 9.97. The first-order valence-electron chi connectivity index (χ1n) is 8.44. The highest BCUT2D eigenvalue weighted by molar-refractivity contribution is 7.89. The van der Waals surface area contributed by atoms with Crippen LogP contribution in [0.2, 0.25) is 5.02 Å².